The van der Waals surface area contributed by atoms with Crippen molar-refractivity contribution in [2.45, 2.75) is 12.3 Å². The topological polar surface area (TPSA) is 54.9 Å². The van der Waals surface area contributed by atoms with Crippen molar-refractivity contribution in [3.8, 4) is 17.2 Å². The number of hydrogen-bond acceptors (Lipinski definition) is 6. The molecule has 0 saturated heterocycles. The molecule has 0 saturated carbocycles. The Morgan fingerprint density at radius 2 is 1.69 bits per heavy atom. The second-order valence-corrected chi connectivity index (χ2v) is 10.1. The van der Waals surface area contributed by atoms with E-state index in [1.807, 2.05) is 62.6 Å². The van der Waals surface area contributed by atoms with Crippen molar-refractivity contribution in [3.05, 3.63) is 76.8 Å². The number of methoxy groups -OCH3 is 1. The second-order valence-electron chi connectivity index (χ2n) is 8.68. The third-order valence-corrected chi connectivity index (χ3v) is 7.62. The highest BCUT2D eigenvalue weighted by atomic mass is 35.5. The molecule has 2 heterocycles. The molecule has 0 bridgehead atoms. The lowest BCUT2D eigenvalue weighted by atomic mass is 9.87. The van der Waals surface area contributed by atoms with Crippen molar-refractivity contribution in [2.75, 3.05) is 39.2 Å². The first-order valence-corrected chi connectivity index (χ1v) is 12.6. The smallest absolute Gasteiger partial charge is 0.241 e. The number of para-hydroxylation sites is 2. The second kappa shape index (κ2) is 9.85. The lowest BCUT2D eigenvalue weighted by molar-refractivity contribution is -0.119. The number of aromatic nitrogens is 1. The number of carbonyl (C=O) groups excluding carboxylic acids is 1. The van der Waals surface area contributed by atoms with E-state index < -0.39 is 5.92 Å². The molecule has 4 aromatic rings. The lowest BCUT2D eigenvalue weighted by Gasteiger charge is -2.31. The van der Waals surface area contributed by atoms with Crippen LogP contribution >= 0.6 is 22.9 Å². The van der Waals surface area contributed by atoms with E-state index in [-0.39, 0.29) is 5.91 Å². The van der Waals surface area contributed by atoms with E-state index in [1.54, 1.807) is 24.1 Å². The van der Waals surface area contributed by atoms with Gasteiger partial charge in [0, 0.05) is 17.7 Å². The number of ether oxygens (including phenoxy) is 2. The number of nitrogens with zero attached hydrogens (tertiary/aromatic N) is 3. The molecule has 0 aliphatic carbocycles. The summed E-state index contributed by atoms with van der Waals surface area (Å²) in [6, 6.07) is 19.1. The molecule has 8 heteroatoms. The van der Waals surface area contributed by atoms with Crippen LogP contribution in [0.1, 0.15) is 23.5 Å². The first-order valence-electron chi connectivity index (χ1n) is 11.4. The molecular weight excluding hydrogens is 482 g/mol. The van der Waals surface area contributed by atoms with Gasteiger partial charge in [-0.2, -0.15) is 0 Å². The number of rotatable bonds is 7. The predicted molar refractivity (Wildman–Crippen MR) is 142 cm³/mol. The number of benzene rings is 3. The zero-order chi connectivity index (χ0) is 24.5. The quantitative estimate of drug-likeness (QED) is 0.299. The van der Waals surface area contributed by atoms with Gasteiger partial charge < -0.3 is 14.4 Å². The highest BCUT2D eigenvalue weighted by Crippen LogP contribution is 2.46. The Bertz CT molecular complexity index is 1340. The van der Waals surface area contributed by atoms with Crippen LogP contribution in [0, 0.1) is 0 Å². The fraction of sp³-hybridized carbons (Fsp3) is 0.259. The monoisotopic (exact) mass is 507 g/mol. The van der Waals surface area contributed by atoms with Crippen LogP contribution in [0.4, 0.5) is 5.13 Å². The number of hydrogen-bond donors (Lipinski definition) is 0. The number of halogens is 1. The summed E-state index contributed by atoms with van der Waals surface area (Å²) in [5.41, 5.74) is 2.37. The number of thiazole rings is 1. The molecular formula is C27H26ClN3O3S. The SMILES string of the molecule is COc1ccc(Cl)c2sc(N(CCCN(C)C)C(=O)C3c4ccccc4Oc4ccccc43)nc12. The Balaban J connectivity index is 1.61. The fourth-order valence-electron chi connectivity index (χ4n) is 4.40. The first kappa shape index (κ1) is 23.6. The van der Waals surface area contributed by atoms with E-state index in [0.29, 0.717) is 39.5 Å². The number of anilines is 1. The molecule has 0 spiro atoms. The van der Waals surface area contributed by atoms with Crippen LogP contribution in [0.2, 0.25) is 5.02 Å². The van der Waals surface area contributed by atoms with Crippen molar-refractivity contribution in [1.82, 2.24) is 9.88 Å². The predicted octanol–water partition coefficient (Wildman–Crippen LogP) is 6.18. The van der Waals surface area contributed by atoms with Gasteiger partial charge in [0.1, 0.15) is 22.8 Å². The normalized spacial score (nSPS) is 12.8. The van der Waals surface area contributed by atoms with Gasteiger partial charge in [0.25, 0.3) is 0 Å². The van der Waals surface area contributed by atoms with Gasteiger partial charge in [0.2, 0.25) is 5.91 Å². The van der Waals surface area contributed by atoms with E-state index in [9.17, 15) is 4.79 Å². The van der Waals surface area contributed by atoms with Crippen LogP contribution in [-0.2, 0) is 4.79 Å². The van der Waals surface area contributed by atoms with Gasteiger partial charge in [-0.25, -0.2) is 4.98 Å². The van der Waals surface area contributed by atoms with Crippen LogP contribution in [0.5, 0.6) is 17.2 Å². The van der Waals surface area contributed by atoms with Crippen molar-refractivity contribution in [3.63, 3.8) is 0 Å². The van der Waals surface area contributed by atoms with Gasteiger partial charge in [0.05, 0.1) is 22.8 Å². The molecule has 6 nitrogen and oxygen atoms in total. The molecule has 0 N–H and O–H groups in total. The van der Waals surface area contributed by atoms with Gasteiger partial charge >= 0.3 is 0 Å². The molecule has 1 amide bonds. The summed E-state index contributed by atoms with van der Waals surface area (Å²) in [7, 11) is 5.66. The van der Waals surface area contributed by atoms with E-state index in [4.69, 9.17) is 26.1 Å². The summed E-state index contributed by atoms with van der Waals surface area (Å²) in [6.45, 7) is 1.37. The molecule has 0 atom stereocenters. The minimum absolute atomic E-state index is 0.0406. The highest BCUT2D eigenvalue weighted by Gasteiger charge is 2.36. The van der Waals surface area contributed by atoms with Crippen LogP contribution in [0.15, 0.2) is 60.7 Å². The third-order valence-electron chi connectivity index (χ3n) is 6.08. The van der Waals surface area contributed by atoms with Crippen LogP contribution in [-0.4, -0.2) is 50.1 Å². The molecule has 1 aromatic heterocycles. The minimum Gasteiger partial charge on any atom is -0.494 e. The number of fused-ring (bicyclic) bond motifs is 3. The van der Waals surface area contributed by atoms with Crippen LogP contribution in [0.25, 0.3) is 10.2 Å². The first-order chi connectivity index (χ1) is 17.0. The summed E-state index contributed by atoms with van der Waals surface area (Å²) in [6.07, 6.45) is 0.798. The largest absolute Gasteiger partial charge is 0.494 e. The molecule has 0 radical (unpaired) electrons. The average molecular weight is 508 g/mol. The van der Waals surface area contributed by atoms with Gasteiger partial charge in [-0.15, -0.1) is 0 Å². The Morgan fingerprint density at radius 3 is 2.31 bits per heavy atom. The highest BCUT2D eigenvalue weighted by molar-refractivity contribution is 7.23. The third kappa shape index (κ3) is 4.47. The van der Waals surface area contributed by atoms with Crippen molar-refractivity contribution >= 4 is 44.2 Å². The summed E-state index contributed by atoms with van der Waals surface area (Å²) < 4.78 is 12.4. The maximum absolute atomic E-state index is 14.4. The van der Waals surface area contributed by atoms with Gasteiger partial charge in [-0.1, -0.05) is 59.3 Å². The Labute approximate surface area is 213 Å². The van der Waals surface area contributed by atoms with Gasteiger partial charge in [0.15, 0.2) is 5.13 Å². The van der Waals surface area contributed by atoms with Gasteiger partial charge in [-0.05, 0) is 51.3 Å². The van der Waals surface area contributed by atoms with Crippen LogP contribution < -0.4 is 14.4 Å². The Morgan fingerprint density at radius 1 is 1.03 bits per heavy atom. The summed E-state index contributed by atoms with van der Waals surface area (Å²) in [5, 5.41) is 1.20. The number of amides is 1. The summed E-state index contributed by atoms with van der Waals surface area (Å²) in [5.74, 6) is 1.49. The average Bonchev–Trinajstić information content (AvgIpc) is 3.31. The van der Waals surface area contributed by atoms with Crippen molar-refractivity contribution in [1.29, 1.82) is 0 Å². The Kier molecular flexibility index (Phi) is 6.65. The molecule has 0 unspecified atom stereocenters. The standard InChI is InChI=1S/C27H26ClN3O3S/c1-30(2)15-8-16-31(27-29-24-22(33-3)14-13-19(28)25(24)35-27)26(32)23-17-9-4-6-11-20(17)34-21-12-7-5-10-18(21)23/h4-7,9-14,23H,8,15-16H2,1-3H3. The molecule has 1 aliphatic rings. The van der Waals surface area contributed by atoms with E-state index in [2.05, 4.69) is 4.90 Å². The van der Waals surface area contributed by atoms with Gasteiger partial charge in [-0.3, -0.25) is 9.69 Å². The van der Waals surface area contributed by atoms with E-state index in [1.165, 1.54) is 11.3 Å². The van der Waals surface area contributed by atoms with Crippen molar-refractivity contribution in [2.24, 2.45) is 0 Å². The molecule has 3 aromatic carbocycles. The number of carbonyl (C=O) groups is 1. The summed E-state index contributed by atoms with van der Waals surface area (Å²) in [4.78, 5) is 23.1. The zero-order valence-corrected chi connectivity index (χ0v) is 21.4. The van der Waals surface area contributed by atoms with E-state index in [0.717, 1.165) is 28.8 Å². The molecule has 5 rings (SSSR count). The fourth-order valence-corrected chi connectivity index (χ4v) is 5.69. The maximum Gasteiger partial charge on any atom is 0.241 e. The molecule has 35 heavy (non-hydrogen) atoms. The summed E-state index contributed by atoms with van der Waals surface area (Å²) >= 11 is 7.91. The molecule has 0 fully saturated rings. The van der Waals surface area contributed by atoms with Crippen molar-refractivity contribution < 1.29 is 14.3 Å². The Hall–Kier alpha value is -3.13. The van der Waals surface area contributed by atoms with E-state index >= 15 is 0 Å². The van der Waals surface area contributed by atoms with Crippen LogP contribution in [0.3, 0.4) is 0 Å². The maximum atomic E-state index is 14.4. The minimum atomic E-state index is -0.500. The molecule has 1 aliphatic heterocycles. The zero-order valence-electron chi connectivity index (χ0n) is 19.8. The molecule has 180 valence electrons. The lowest BCUT2D eigenvalue weighted by Crippen LogP contribution is -2.38.